The van der Waals surface area contributed by atoms with Crippen molar-refractivity contribution < 1.29 is 23.1 Å². The molecule has 0 radical (unpaired) electrons. The zero-order valence-corrected chi connectivity index (χ0v) is 15.1. The van der Waals surface area contributed by atoms with Crippen molar-refractivity contribution in [1.29, 1.82) is 0 Å². The number of ether oxygens (including phenoxy) is 1. The van der Waals surface area contributed by atoms with Gasteiger partial charge in [-0.2, -0.15) is 0 Å². The topological polar surface area (TPSA) is 106 Å². The number of carbonyl (C=O) groups is 2. The Labute approximate surface area is 153 Å². The zero-order valence-electron chi connectivity index (χ0n) is 14.3. The number of amides is 2. The second kappa shape index (κ2) is 9.76. The highest BCUT2D eigenvalue weighted by molar-refractivity contribution is 7.99. The third-order valence-electron chi connectivity index (χ3n) is 3.06. The van der Waals surface area contributed by atoms with Gasteiger partial charge in [0.15, 0.2) is 17.7 Å². The van der Waals surface area contributed by atoms with Gasteiger partial charge in [-0.05, 0) is 26.0 Å². The first-order valence-electron chi connectivity index (χ1n) is 7.90. The normalized spacial score (nSPS) is 11.7. The molecule has 0 spiro atoms. The van der Waals surface area contributed by atoms with Crippen LogP contribution in [-0.4, -0.2) is 40.9 Å². The third-order valence-corrected chi connectivity index (χ3v) is 3.88. The average molecular weight is 382 g/mol. The summed E-state index contributed by atoms with van der Waals surface area (Å²) in [5.41, 5.74) is 0. The van der Waals surface area contributed by atoms with E-state index in [4.69, 9.17) is 9.15 Å². The molecule has 2 rings (SSSR count). The predicted molar refractivity (Wildman–Crippen MR) is 92.2 cm³/mol. The second-order valence-electron chi connectivity index (χ2n) is 5.12. The Morgan fingerprint density at radius 3 is 2.77 bits per heavy atom. The lowest BCUT2D eigenvalue weighted by atomic mass is 10.3. The maximum atomic E-state index is 13.6. The summed E-state index contributed by atoms with van der Waals surface area (Å²) in [5, 5.41) is 12.9. The number of nitrogens with zero attached hydrogens (tertiary/aromatic N) is 2. The van der Waals surface area contributed by atoms with Crippen molar-refractivity contribution in [2.24, 2.45) is 0 Å². The number of likely N-dealkylation sites (N-methyl/N-ethyl adjacent to an activating group) is 1. The van der Waals surface area contributed by atoms with E-state index in [0.717, 1.165) is 11.8 Å². The first kappa shape index (κ1) is 19.7. The summed E-state index contributed by atoms with van der Waals surface area (Å²) in [6.07, 6.45) is -0.652. The van der Waals surface area contributed by atoms with Crippen molar-refractivity contribution in [2.45, 2.75) is 25.2 Å². The lowest BCUT2D eigenvalue weighted by Gasteiger charge is -2.11. The minimum absolute atomic E-state index is 0.0175. The van der Waals surface area contributed by atoms with Gasteiger partial charge in [-0.25, -0.2) is 4.39 Å². The lowest BCUT2D eigenvalue weighted by molar-refractivity contribution is -0.124. The van der Waals surface area contributed by atoms with Gasteiger partial charge in [0.05, 0.1) is 12.3 Å². The molecule has 8 nitrogen and oxygen atoms in total. The number of aromatic nitrogens is 2. The van der Waals surface area contributed by atoms with Gasteiger partial charge in [-0.1, -0.05) is 23.9 Å². The molecule has 0 saturated heterocycles. The van der Waals surface area contributed by atoms with E-state index in [1.165, 1.54) is 12.1 Å². The van der Waals surface area contributed by atoms with Crippen LogP contribution < -0.4 is 15.4 Å². The zero-order chi connectivity index (χ0) is 18.9. The molecule has 0 saturated carbocycles. The smallest absolute Gasteiger partial charge is 0.277 e. The summed E-state index contributed by atoms with van der Waals surface area (Å²) >= 11 is 1.03. The molecule has 0 unspecified atom stereocenters. The summed E-state index contributed by atoms with van der Waals surface area (Å²) in [4.78, 5) is 22.9. The summed E-state index contributed by atoms with van der Waals surface area (Å²) in [7, 11) is 0. The van der Waals surface area contributed by atoms with Crippen LogP contribution in [0.5, 0.6) is 5.75 Å². The van der Waals surface area contributed by atoms with Crippen molar-refractivity contribution in [2.75, 3.05) is 18.8 Å². The molecule has 2 amide bonds. The molecule has 26 heavy (non-hydrogen) atoms. The van der Waals surface area contributed by atoms with Gasteiger partial charge < -0.3 is 19.8 Å². The van der Waals surface area contributed by atoms with E-state index < -0.39 is 11.9 Å². The molecule has 140 valence electrons. The van der Waals surface area contributed by atoms with E-state index in [0.29, 0.717) is 6.54 Å². The number of thioether (sulfide) groups is 1. The maximum Gasteiger partial charge on any atom is 0.277 e. The van der Waals surface area contributed by atoms with Crippen LogP contribution in [0.1, 0.15) is 25.8 Å². The standard InChI is InChI=1S/C16H19FN4O4S/c1-3-18-13(22)8-19-14(23)9-26-16-21-20-15(25-16)10(2)24-12-7-5-4-6-11(12)17/h4-7,10H,3,8-9H2,1-2H3,(H,18,22)(H,19,23)/t10-/m1/s1. The molecule has 2 N–H and O–H groups in total. The molecule has 1 aromatic heterocycles. The van der Waals surface area contributed by atoms with Crippen LogP contribution in [0.4, 0.5) is 4.39 Å². The minimum Gasteiger partial charge on any atom is -0.478 e. The van der Waals surface area contributed by atoms with E-state index >= 15 is 0 Å². The SMILES string of the molecule is CCNC(=O)CNC(=O)CSc1nnc([C@@H](C)Oc2ccccc2F)o1. The summed E-state index contributed by atoms with van der Waals surface area (Å²) in [5.74, 6) is -0.821. The van der Waals surface area contributed by atoms with Gasteiger partial charge in [0.25, 0.3) is 11.1 Å². The minimum atomic E-state index is -0.652. The second-order valence-corrected chi connectivity index (χ2v) is 6.04. The Morgan fingerprint density at radius 2 is 2.04 bits per heavy atom. The Balaban J connectivity index is 1.81. The molecule has 0 aliphatic rings. The molecule has 0 fully saturated rings. The fourth-order valence-corrected chi connectivity index (χ4v) is 2.44. The van der Waals surface area contributed by atoms with Gasteiger partial charge in [0.2, 0.25) is 11.8 Å². The number of benzene rings is 1. The summed E-state index contributed by atoms with van der Waals surface area (Å²) in [6, 6.07) is 6.00. The highest BCUT2D eigenvalue weighted by Gasteiger charge is 2.18. The van der Waals surface area contributed by atoms with E-state index in [9.17, 15) is 14.0 Å². The van der Waals surface area contributed by atoms with E-state index in [2.05, 4.69) is 20.8 Å². The number of para-hydroxylation sites is 1. The molecular formula is C16H19FN4O4S. The predicted octanol–water partition coefficient (Wildman–Crippen LogP) is 1.69. The fourth-order valence-electron chi connectivity index (χ4n) is 1.84. The highest BCUT2D eigenvalue weighted by Crippen LogP contribution is 2.25. The number of hydrogen-bond acceptors (Lipinski definition) is 7. The lowest BCUT2D eigenvalue weighted by Crippen LogP contribution is -2.37. The molecule has 1 atom stereocenters. The van der Waals surface area contributed by atoms with Gasteiger partial charge in [0.1, 0.15) is 0 Å². The maximum absolute atomic E-state index is 13.6. The number of carbonyl (C=O) groups excluding carboxylic acids is 2. The third kappa shape index (κ3) is 6.03. The molecule has 1 aromatic carbocycles. The first-order chi connectivity index (χ1) is 12.5. The van der Waals surface area contributed by atoms with Crippen LogP contribution in [0.15, 0.2) is 33.9 Å². The number of rotatable bonds is 9. The van der Waals surface area contributed by atoms with E-state index in [1.54, 1.807) is 26.0 Å². The Hall–Kier alpha value is -2.62. The highest BCUT2D eigenvalue weighted by atomic mass is 32.2. The van der Waals surface area contributed by atoms with Gasteiger partial charge >= 0.3 is 0 Å². The Kier molecular flexibility index (Phi) is 7.39. The molecule has 10 heteroatoms. The number of hydrogen-bond donors (Lipinski definition) is 2. The van der Waals surface area contributed by atoms with Crippen LogP contribution in [-0.2, 0) is 9.59 Å². The Bertz CT molecular complexity index is 755. The molecule has 0 aliphatic carbocycles. The van der Waals surface area contributed by atoms with Gasteiger partial charge in [0, 0.05) is 6.54 Å². The molecule has 1 heterocycles. The van der Waals surface area contributed by atoms with Crippen molar-refractivity contribution in [3.63, 3.8) is 0 Å². The van der Waals surface area contributed by atoms with Gasteiger partial charge in [-0.3, -0.25) is 9.59 Å². The molecule has 0 bridgehead atoms. The van der Waals surface area contributed by atoms with Crippen LogP contribution in [0.2, 0.25) is 0 Å². The van der Waals surface area contributed by atoms with Crippen LogP contribution in [0.3, 0.4) is 0 Å². The molecule has 2 aromatic rings. The van der Waals surface area contributed by atoms with Crippen LogP contribution in [0.25, 0.3) is 0 Å². The monoisotopic (exact) mass is 382 g/mol. The largest absolute Gasteiger partial charge is 0.478 e. The fraction of sp³-hybridized carbons (Fsp3) is 0.375. The van der Waals surface area contributed by atoms with Gasteiger partial charge in [-0.15, -0.1) is 10.2 Å². The Morgan fingerprint density at radius 1 is 1.27 bits per heavy atom. The number of halogens is 1. The quantitative estimate of drug-likeness (QED) is 0.636. The van der Waals surface area contributed by atoms with Crippen molar-refractivity contribution in [3.8, 4) is 5.75 Å². The average Bonchev–Trinajstić information content (AvgIpc) is 3.09. The first-order valence-corrected chi connectivity index (χ1v) is 8.89. The van der Waals surface area contributed by atoms with Crippen molar-refractivity contribution in [1.82, 2.24) is 20.8 Å². The van der Waals surface area contributed by atoms with Crippen molar-refractivity contribution >= 4 is 23.6 Å². The van der Waals surface area contributed by atoms with E-state index in [-0.39, 0.29) is 41.0 Å². The number of nitrogens with one attached hydrogen (secondary N) is 2. The molecule has 0 aliphatic heterocycles. The van der Waals surface area contributed by atoms with Crippen molar-refractivity contribution in [3.05, 3.63) is 36.0 Å². The summed E-state index contributed by atoms with van der Waals surface area (Å²) < 4.78 is 24.4. The van der Waals surface area contributed by atoms with E-state index in [1.807, 2.05) is 0 Å². The van der Waals surface area contributed by atoms with Crippen LogP contribution >= 0.6 is 11.8 Å². The molecular weight excluding hydrogens is 363 g/mol. The summed E-state index contributed by atoms with van der Waals surface area (Å²) in [6.45, 7) is 3.85. The van der Waals surface area contributed by atoms with Crippen LogP contribution in [0, 0.1) is 5.82 Å².